The molecule has 0 heterocycles. The van der Waals surface area contributed by atoms with Gasteiger partial charge < -0.3 is 24.2 Å². The van der Waals surface area contributed by atoms with E-state index in [1.165, 1.54) is 32.1 Å². The van der Waals surface area contributed by atoms with E-state index in [0.29, 0.717) is 25.7 Å². The molecule has 0 amide bonds. The molecule has 70 heavy (non-hydrogen) atoms. The lowest BCUT2D eigenvalue weighted by molar-refractivity contribution is -0.161. The number of rotatable bonds is 48. The number of allylic oxidation sites excluding steroid dienone is 18. The van der Waals surface area contributed by atoms with E-state index in [1.807, 2.05) is 12.2 Å². The minimum Gasteiger partial charge on any atom is -0.462 e. The third-order valence-corrected chi connectivity index (χ3v) is 11.7. The molecule has 11 nitrogen and oxygen atoms in total. The zero-order valence-electron chi connectivity index (χ0n) is 43.7. The van der Waals surface area contributed by atoms with Gasteiger partial charge in [-0.1, -0.05) is 201 Å². The second kappa shape index (κ2) is 51.5. The third kappa shape index (κ3) is 49.1. The standard InChI is InChI=1S/C58H95O11P/c1-4-7-10-13-16-19-21-23-25-26-27-28-30-32-34-37-40-43-46-49-58(62)69-55(51-65-56(60)47-44-41-38-36-33-31-29-24-22-20-17-14-11-8-5-2)53-67-70(63,64)66-52-54(50-59)68-57(61)48-45-42-39-35-18-15-12-9-6-3/h7-8,10-11,16-17,19-20,23-25,27-29,32,34,40,43,54-55,59H,4-6,9,12-15,18,21-22,26,30-31,33,35-39,41-42,44-53H2,1-3H3,(H,63,64)/b10-7-,11-8-,19-16-,20-17-,25-23-,28-27-,29-24-,34-32-,43-40-. The van der Waals surface area contributed by atoms with Crippen molar-refractivity contribution in [2.24, 2.45) is 0 Å². The molecule has 2 N–H and O–H groups in total. The number of unbranched alkanes of at least 4 members (excludes halogenated alkanes) is 13. The monoisotopic (exact) mass is 999 g/mol. The van der Waals surface area contributed by atoms with Gasteiger partial charge in [-0.05, 0) is 89.9 Å². The van der Waals surface area contributed by atoms with E-state index in [-0.39, 0.29) is 25.9 Å². The predicted molar refractivity (Wildman–Crippen MR) is 288 cm³/mol. The average molecular weight is 999 g/mol. The summed E-state index contributed by atoms with van der Waals surface area (Å²) in [4.78, 5) is 48.3. The second-order valence-electron chi connectivity index (χ2n) is 17.3. The number of phosphoric acid groups is 1. The normalized spacial score (nSPS) is 14.3. The van der Waals surface area contributed by atoms with Crippen LogP contribution >= 0.6 is 7.82 Å². The van der Waals surface area contributed by atoms with Crippen LogP contribution in [0.1, 0.15) is 201 Å². The Bertz CT molecular complexity index is 1590. The molecule has 0 aliphatic heterocycles. The summed E-state index contributed by atoms with van der Waals surface area (Å²) in [6.45, 7) is 4.26. The van der Waals surface area contributed by atoms with E-state index in [4.69, 9.17) is 23.3 Å². The molecule has 0 fully saturated rings. The van der Waals surface area contributed by atoms with E-state index in [2.05, 4.69) is 118 Å². The van der Waals surface area contributed by atoms with Gasteiger partial charge in [0.2, 0.25) is 0 Å². The Hall–Kier alpha value is -3.86. The maximum atomic E-state index is 12.8. The fourth-order valence-electron chi connectivity index (χ4n) is 6.69. The molecule has 0 saturated heterocycles. The highest BCUT2D eigenvalue weighted by Gasteiger charge is 2.28. The van der Waals surface area contributed by atoms with E-state index in [1.54, 1.807) is 0 Å². The Balaban J connectivity index is 4.90. The van der Waals surface area contributed by atoms with Crippen LogP contribution in [0.4, 0.5) is 0 Å². The van der Waals surface area contributed by atoms with Crippen molar-refractivity contribution >= 4 is 25.7 Å². The smallest absolute Gasteiger partial charge is 0.462 e. The summed E-state index contributed by atoms with van der Waals surface area (Å²) in [6, 6.07) is 0. The van der Waals surface area contributed by atoms with Crippen molar-refractivity contribution in [1.29, 1.82) is 0 Å². The minimum atomic E-state index is -4.77. The Morgan fingerprint density at radius 3 is 1.23 bits per heavy atom. The SMILES string of the molecule is CC/C=C\C/C=C\C/C=C\C/C=C\C/C=C\C/C=C\CCC(=O)OC(COC(=O)CCCCCCC/C=C\C/C=C\C/C=C\CC)COP(=O)(O)OCC(CO)OC(=O)CCCCCCCCCCC. The maximum absolute atomic E-state index is 12.8. The van der Waals surface area contributed by atoms with Gasteiger partial charge in [0, 0.05) is 19.3 Å². The fourth-order valence-corrected chi connectivity index (χ4v) is 7.47. The summed E-state index contributed by atoms with van der Waals surface area (Å²) in [5.74, 6) is -1.60. The third-order valence-electron chi connectivity index (χ3n) is 10.7. The van der Waals surface area contributed by atoms with Crippen molar-refractivity contribution in [2.45, 2.75) is 213 Å². The first kappa shape index (κ1) is 66.1. The first-order valence-electron chi connectivity index (χ1n) is 26.8. The summed E-state index contributed by atoms with van der Waals surface area (Å²) in [6.07, 6.45) is 60.8. The number of aliphatic hydroxyl groups is 1. The van der Waals surface area contributed by atoms with Crippen LogP contribution in [-0.2, 0) is 42.2 Å². The highest BCUT2D eigenvalue weighted by Crippen LogP contribution is 2.43. The van der Waals surface area contributed by atoms with Gasteiger partial charge in [0.25, 0.3) is 0 Å². The van der Waals surface area contributed by atoms with Crippen molar-refractivity contribution < 1.29 is 52.2 Å². The fraction of sp³-hybridized carbons (Fsp3) is 0.638. The van der Waals surface area contributed by atoms with Crippen LogP contribution in [0.3, 0.4) is 0 Å². The quantitative estimate of drug-likeness (QED) is 0.0197. The molecule has 0 aromatic rings. The first-order chi connectivity index (χ1) is 34.2. The van der Waals surface area contributed by atoms with Gasteiger partial charge in [-0.3, -0.25) is 23.4 Å². The van der Waals surface area contributed by atoms with Crippen LogP contribution in [0.5, 0.6) is 0 Å². The zero-order chi connectivity index (χ0) is 51.3. The van der Waals surface area contributed by atoms with Crippen LogP contribution in [0.2, 0.25) is 0 Å². The molecule has 0 aromatic carbocycles. The highest BCUT2D eigenvalue weighted by atomic mass is 31.2. The molecule has 398 valence electrons. The topological polar surface area (TPSA) is 155 Å². The molecule has 0 bridgehead atoms. The predicted octanol–water partition coefficient (Wildman–Crippen LogP) is 15.5. The van der Waals surface area contributed by atoms with Gasteiger partial charge in [-0.25, -0.2) is 4.57 Å². The summed E-state index contributed by atoms with van der Waals surface area (Å²) in [5.41, 5.74) is 0. The number of esters is 3. The van der Waals surface area contributed by atoms with Gasteiger partial charge >= 0.3 is 25.7 Å². The Labute approximate surface area is 425 Å². The molecule has 0 radical (unpaired) electrons. The lowest BCUT2D eigenvalue weighted by Gasteiger charge is -2.21. The van der Waals surface area contributed by atoms with Crippen molar-refractivity contribution in [3.63, 3.8) is 0 Å². The van der Waals surface area contributed by atoms with Crippen molar-refractivity contribution in [3.05, 3.63) is 109 Å². The summed E-state index contributed by atoms with van der Waals surface area (Å²) >= 11 is 0. The molecule has 0 spiro atoms. The largest absolute Gasteiger partial charge is 0.472 e. The molecule has 0 aliphatic carbocycles. The van der Waals surface area contributed by atoms with Gasteiger partial charge in [-0.15, -0.1) is 0 Å². The molecule has 0 rings (SSSR count). The Morgan fingerprint density at radius 2 is 0.771 bits per heavy atom. The van der Waals surface area contributed by atoms with Crippen LogP contribution in [0.15, 0.2) is 109 Å². The summed E-state index contributed by atoms with van der Waals surface area (Å²) in [7, 11) is -4.77. The van der Waals surface area contributed by atoms with Crippen molar-refractivity contribution in [1.82, 2.24) is 0 Å². The van der Waals surface area contributed by atoms with E-state index in [0.717, 1.165) is 103 Å². The van der Waals surface area contributed by atoms with Gasteiger partial charge in [0.05, 0.1) is 19.8 Å². The van der Waals surface area contributed by atoms with E-state index in [9.17, 15) is 28.9 Å². The number of ether oxygens (including phenoxy) is 3. The lowest BCUT2D eigenvalue weighted by atomic mass is 10.1. The van der Waals surface area contributed by atoms with E-state index >= 15 is 0 Å². The number of aliphatic hydroxyl groups excluding tert-OH is 1. The van der Waals surface area contributed by atoms with Gasteiger partial charge in [0.1, 0.15) is 12.7 Å². The maximum Gasteiger partial charge on any atom is 0.472 e. The number of carbonyl (C=O) groups is 3. The molecular formula is C58H95O11P. The first-order valence-corrected chi connectivity index (χ1v) is 28.3. The molecule has 12 heteroatoms. The van der Waals surface area contributed by atoms with Crippen LogP contribution in [0.25, 0.3) is 0 Å². The Morgan fingerprint density at radius 1 is 0.414 bits per heavy atom. The average Bonchev–Trinajstić information content (AvgIpc) is 3.35. The molecule has 3 atom stereocenters. The summed E-state index contributed by atoms with van der Waals surface area (Å²) < 4.78 is 39.2. The second-order valence-corrected chi connectivity index (χ2v) is 18.7. The number of phosphoric ester groups is 1. The number of hydrogen-bond donors (Lipinski definition) is 2. The number of carbonyl (C=O) groups excluding carboxylic acids is 3. The van der Waals surface area contributed by atoms with Crippen LogP contribution in [0, 0.1) is 0 Å². The number of hydrogen-bond acceptors (Lipinski definition) is 10. The molecule has 0 aromatic heterocycles. The minimum absolute atomic E-state index is 0.0340. The molecular weight excluding hydrogens is 904 g/mol. The van der Waals surface area contributed by atoms with Crippen LogP contribution < -0.4 is 0 Å². The molecule has 0 saturated carbocycles. The highest BCUT2D eigenvalue weighted by molar-refractivity contribution is 7.47. The van der Waals surface area contributed by atoms with Crippen molar-refractivity contribution in [2.75, 3.05) is 26.4 Å². The van der Waals surface area contributed by atoms with Crippen LogP contribution in [-0.4, -0.2) is 66.5 Å². The molecule has 3 unspecified atom stereocenters. The van der Waals surface area contributed by atoms with Gasteiger partial charge in [-0.2, -0.15) is 0 Å². The lowest BCUT2D eigenvalue weighted by Crippen LogP contribution is -2.30. The van der Waals surface area contributed by atoms with Crippen molar-refractivity contribution in [3.8, 4) is 0 Å². The van der Waals surface area contributed by atoms with E-state index < -0.39 is 57.8 Å². The summed E-state index contributed by atoms with van der Waals surface area (Å²) in [5, 5.41) is 9.75. The molecule has 0 aliphatic rings. The zero-order valence-corrected chi connectivity index (χ0v) is 44.6. The Kier molecular flexibility index (Phi) is 48.7. The van der Waals surface area contributed by atoms with Gasteiger partial charge in [0.15, 0.2) is 6.10 Å².